The van der Waals surface area contributed by atoms with Crippen LogP contribution in [0.25, 0.3) is 6.08 Å². The fourth-order valence-electron chi connectivity index (χ4n) is 3.51. The molecule has 2 aromatic rings. The summed E-state index contributed by atoms with van der Waals surface area (Å²) in [5.41, 5.74) is 0.0821. The molecule has 1 N–H and O–H groups in total. The smallest absolute Gasteiger partial charge is 0.343 e. The first kappa shape index (κ1) is 28.3. The number of halogens is 1. The minimum atomic E-state index is -0.939. The molecule has 1 fully saturated rings. The van der Waals surface area contributed by atoms with E-state index in [1.807, 2.05) is 0 Å². The summed E-state index contributed by atoms with van der Waals surface area (Å²) >= 11 is 6.37. The average molecular weight is 547 g/mol. The zero-order valence-electron chi connectivity index (χ0n) is 21.3. The van der Waals surface area contributed by atoms with Crippen LogP contribution < -0.4 is 29.2 Å². The molecule has 0 spiro atoms. The topological polar surface area (TPSA) is 130 Å². The fraction of sp³-hybridized carbons (Fsp3) is 0.308. The normalized spacial score (nSPS) is 14.3. The Labute approximate surface area is 224 Å². The van der Waals surface area contributed by atoms with Gasteiger partial charge in [0, 0.05) is 6.07 Å². The summed E-state index contributed by atoms with van der Waals surface area (Å²) in [4.78, 5) is 51.3. The van der Waals surface area contributed by atoms with Crippen LogP contribution in [0.5, 0.6) is 23.0 Å². The highest BCUT2D eigenvalue weighted by Gasteiger charge is 2.38. The van der Waals surface area contributed by atoms with E-state index < -0.39 is 30.4 Å². The van der Waals surface area contributed by atoms with Gasteiger partial charge in [-0.3, -0.25) is 14.9 Å². The number of amides is 4. The van der Waals surface area contributed by atoms with Crippen molar-refractivity contribution < 1.29 is 42.9 Å². The number of esters is 1. The van der Waals surface area contributed by atoms with Crippen molar-refractivity contribution in [3.05, 3.63) is 46.5 Å². The minimum Gasteiger partial charge on any atom is -0.494 e. The van der Waals surface area contributed by atoms with Gasteiger partial charge in [0.1, 0.15) is 17.1 Å². The minimum absolute atomic E-state index is 0.0614. The van der Waals surface area contributed by atoms with Crippen LogP contribution in [0.1, 0.15) is 26.3 Å². The van der Waals surface area contributed by atoms with E-state index >= 15 is 0 Å². The highest BCUT2D eigenvalue weighted by atomic mass is 35.5. The van der Waals surface area contributed by atoms with Crippen LogP contribution >= 0.6 is 11.6 Å². The van der Waals surface area contributed by atoms with E-state index in [0.717, 1.165) is 4.90 Å². The first-order valence-electron chi connectivity index (χ1n) is 11.7. The largest absolute Gasteiger partial charge is 0.494 e. The molecule has 1 aliphatic rings. The summed E-state index contributed by atoms with van der Waals surface area (Å²) in [7, 11) is 1.22. The maximum atomic E-state index is 13.5. The quantitative estimate of drug-likeness (QED) is 0.254. The third-order valence-electron chi connectivity index (χ3n) is 5.09. The molecular weight excluding hydrogens is 520 g/mol. The maximum absolute atomic E-state index is 13.5. The van der Waals surface area contributed by atoms with E-state index in [1.165, 1.54) is 31.4 Å². The van der Waals surface area contributed by atoms with Gasteiger partial charge in [0.2, 0.25) is 0 Å². The van der Waals surface area contributed by atoms with Crippen molar-refractivity contribution in [3.63, 3.8) is 0 Å². The van der Waals surface area contributed by atoms with Gasteiger partial charge in [-0.1, -0.05) is 11.6 Å². The number of hydrogen-bond acceptors (Lipinski definition) is 9. The Morgan fingerprint density at radius 2 is 1.63 bits per heavy atom. The van der Waals surface area contributed by atoms with Gasteiger partial charge >= 0.3 is 12.0 Å². The molecule has 0 unspecified atom stereocenters. The number of ether oxygens (including phenoxy) is 5. The molecule has 0 radical (unpaired) electrons. The predicted molar refractivity (Wildman–Crippen MR) is 138 cm³/mol. The number of carbonyl (C=O) groups is 4. The van der Waals surface area contributed by atoms with Gasteiger partial charge < -0.3 is 23.7 Å². The van der Waals surface area contributed by atoms with Gasteiger partial charge in [-0.05, 0) is 56.7 Å². The van der Waals surface area contributed by atoms with Crippen LogP contribution in [0.2, 0.25) is 5.02 Å². The molecule has 3 rings (SSSR count). The van der Waals surface area contributed by atoms with E-state index in [1.54, 1.807) is 32.9 Å². The molecule has 1 saturated heterocycles. The third kappa shape index (κ3) is 6.35. The number of carbonyl (C=O) groups excluding carboxylic acids is 4. The summed E-state index contributed by atoms with van der Waals surface area (Å²) in [6.07, 6.45) is 1.27. The van der Waals surface area contributed by atoms with Crippen LogP contribution in [0.3, 0.4) is 0 Å². The van der Waals surface area contributed by atoms with E-state index in [-0.39, 0.29) is 46.7 Å². The van der Waals surface area contributed by atoms with Crippen molar-refractivity contribution in [2.24, 2.45) is 0 Å². The van der Waals surface area contributed by atoms with Crippen molar-refractivity contribution in [2.45, 2.75) is 20.8 Å². The predicted octanol–water partition coefficient (Wildman–Crippen LogP) is 3.75. The number of methoxy groups -OCH3 is 1. The van der Waals surface area contributed by atoms with Crippen LogP contribution in [-0.2, 0) is 19.1 Å². The molecule has 202 valence electrons. The SMILES string of the molecule is CCOc1ccc(OCC)c(N2C(=O)NC(=O)/C(=C\c3cc(Cl)c(OCC(=O)OC)c(OCC)c3)C2=O)c1. The lowest BCUT2D eigenvalue weighted by molar-refractivity contribution is -0.143. The molecule has 0 bridgehead atoms. The second-order valence-corrected chi connectivity index (χ2v) is 7.99. The van der Waals surface area contributed by atoms with Crippen molar-refractivity contribution in [2.75, 3.05) is 38.4 Å². The van der Waals surface area contributed by atoms with Crippen LogP contribution in [0.4, 0.5) is 10.5 Å². The first-order valence-corrected chi connectivity index (χ1v) is 12.1. The number of imide groups is 2. The number of nitrogens with zero attached hydrogens (tertiary/aromatic N) is 1. The van der Waals surface area contributed by atoms with Gasteiger partial charge in [-0.2, -0.15) is 0 Å². The van der Waals surface area contributed by atoms with Gasteiger partial charge in [0.15, 0.2) is 18.1 Å². The molecule has 4 amide bonds. The summed E-state index contributed by atoms with van der Waals surface area (Å²) < 4.78 is 26.7. The molecule has 12 heteroatoms. The molecule has 11 nitrogen and oxygen atoms in total. The monoisotopic (exact) mass is 546 g/mol. The summed E-state index contributed by atoms with van der Waals surface area (Å²) in [6, 6.07) is 6.67. The molecule has 1 aliphatic heterocycles. The second-order valence-electron chi connectivity index (χ2n) is 7.58. The molecule has 0 atom stereocenters. The Morgan fingerprint density at radius 1 is 0.947 bits per heavy atom. The lowest BCUT2D eigenvalue weighted by atomic mass is 10.1. The number of urea groups is 1. The molecule has 0 aliphatic carbocycles. The van der Waals surface area contributed by atoms with Crippen molar-refractivity contribution >= 4 is 47.2 Å². The zero-order valence-corrected chi connectivity index (χ0v) is 22.0. The van der Waals surface area contributed by atoms with Crippen LogP contribution in [-0.4, -0.2) is 57.4 Å². The Morgan fingerprint density at radius 3 is 2.29 bits per heavy atom. The number of rotatable bonds is 11. The van der Waals surface area contributed by atoms with Gasteiger partial charge in [0.05, 0.1) is 37.6 Å². The Balaban J connectivity index is 2.04. The summed E-state index contributed by atoms with van der Waals surface area (Å²) in [6.45, 7) is 5.75. The molecule has 0 aromatic heterocycles. The number of benzene rings is 2. The highest BCUT2D eigenvalue weighted by Crippen LogP contribution is 2.38. The number of barbiturate groups is 1. The second kappa shape index (κ2) is 12.8. The third-order valence-corrected chi connectivity index (χ3v) is 5.37. The number of hydrogen-bond donors (Lipinski definition) is 1. The summed E-state index contributed by atoms with van der Waals surface area (Å²) in [5, 5.41) is 2.24. The number of nitrogens with one attached hydrogen (secondary N) is 1. The Hall–Kier alpha value is -4.25. The molecule has 1 heterocycles. The highest BCUT2D eigenvalue weighted by molar-refractivity contribution is 6.39. The standard InChI is InChI=1S/C26H27ClN2O9/c1-5-35-16-8-9-20(36-6-2)19(13-16)29-25(32)17(24(31)28-26(29)33)10-15-11-18(27)23(21(12-15)37-7-3)38-14-22(30)34-4/h8-13H,5-7,14H2,1-4H3,(H,28,31,33)/b17-10+. The Kier molecular flexibility index (Phi) is 9.55. The van der Waals surface area contributed by atoms with Crippen molar-refractivity contribution in [3.8, 4) is 23.0 Å². The molecular formula is C26H27ClN2O9. The fourth-order valence-corrected chi connectivity index (χ4v) is 3.79. The van der Waals surface area contributed by atoms with Crippen molar-refractivity contribution in [1.29, 1.82) is 0 Å². The van der Waals surface area contributed by atoms with E-state index in [4.69, 9.17) is 30.5 Å². The number of anilines is 1. The molecule has 38 heavy (non-hydrogen) atoms. The van der Waals surface area contributed by atoms with Crippen LogP contribution in [0.15, 0.2) is 35.9 Å². The molecule has 2 aromatic carbocycles. The van der Waals surface area contributed by atoms with Gasteiger partial charge in [-0.25, -0.2) is 14.5 Å². The lowest BCUT2D eigenvalue weighted by Crippen LogP contribution is -2.54. The first-order chi connectivity index (χ1) is 18.2. The Bertz CT molecular complexity index is 1280. The van der Waals surface area contributed by atoms with E-state index in [9.17, 15) is 19.2 Å². The lowest BCUT2D eigenvalue weighted by Gasteiger charge is -2.28. The maximum Gasteiger partial charge on any atom is 0.343 e. The van der Waals surface area contributed by atoms with Crippen molar-refractivity contribution in [1.82, 2.24) is 5.32 Å². The average Bonchev–Trinajstić information content (AvgIpc) is 2.87. The van der Waals surface area contributed by atoms with Crippen LogP contribution in [0, 0.1) is 0 Å². The molecule has 0 saturated carbocycles. The van der Waals surface area contributed by atoms with Gasteiger partial charge in [0.25, 0.3) is 11.8 Å². The van der Waals surface area contributed by atoms with Gasteiger partial charge in [-0.15, -0.1) is 0 Å². The van der Waals surface area contributed by atoms with E-state index in [2.05, 4.69) is 10.1 Å². The zero-order chi connectivity index (χ0) is 27.8. The van der Waals surface area contributed by atoms with E-state index in [0.29, 0.717) is 17.9 Å². The summed E-state index contributed by atoms with van der Waals surface area (Å²) in [5.74, 6) is -1.47.